The van der Waals surface area contributed by atoms with Gasteiger partial charge in [0.2, 0.25) is 5.13 Å². The topological polar surface area (TPSA) is 58.0 Å². The molecular formula is C12H12F3N3OS. The highest BCUT2D eigenvalue weighted by molar-refractivity contribution is 7.09. The molecule has 8 heteroatoms. The summed E-state index contributed by atoms with van der Waals surface area (Å²) >= 11 is 1.13. The number of benzene rings is 1. The number of aryl methyl sites for hydroxylation is 1. The number of hydrogen-bond donors (Lipinski definition) is 2. The Hall–Kier alpha value is -1.67. The van der Waals surface area contributed by atoms with Crippen LogP contribution in [0.5, 0.6) is 0 Å². The average Bonchev–Trinajstić information content (AvgIpc) is 2.81. The van der Waals surface area contributed by atoms with Gasteiger partial charge in [0.15, 0.2) is 0 Å². The molecular weight excluding hydrogens is 291 g/mol. The molecule has 0 saturated heterocycles. The zero-order valence-electron chi connectivity index (χ0n) is 10.5. The van der Waals surface area contributed by atoms with Crippen LogP contribution in [-0.4, -0.2) is 21.0 Å². The van der Waals surface area contributed by atoms with Gasteiger partial charge in [-0.2, -0.15) is 17.5 Å². The molecule has 108 valence electrons. The number of nitrogens with zero attached hydrogens (tertiary/aromatic N) is 2. The highest BCUT2D eigenvalue weighted by Crippen LogP contribution is 2.30. The Morgan fingerprint density at radius 2 is 2.15 bits per heavy atom. The lowest BCUT2D eigenvalue weighted by Crippen LogP contribution is -2.13. The van der Waals surface area contributed by atoms with E-state index in [-0.39, 0.29) is 12.1 Å². The molecule has 4 nitrogen and oxygen atoms in total. The lowest BCUT2D eigenvalue weighted by atomic mass is 10.1. The molecule has 0 saturated carbocycles. The summed E-state index contributed by atoms with van der Waals surface area (Å²) in [6, 6.07) is 4.64. The third kappa shape index (κ3) is 3.67. The molecule has 0 spiro atoms. The smallest absolute Gasteiger partial charge is 0.387 e. The first-order chi connectivity index (χ1) is 9.36. The highest BCUT2D eigenvalue weighted by atomic mass is 32.1. The van der Waals surface area contributed by atoms with E-state index in [4.69, 9.17) is 0 Å². The van der Waals surface area contributed by atoms with Crippen molar-refractivity contribution in [2.45, 2.75) is 19.2 Å². The van der Waals surface area contributed by atoms with Gasteiger partial charge in [0.25, 0.3) is 0 Å². The molecule has 2 rings (SSSR count). The summed E-state index contributed by atoms with van der Waals surface area (Å²) in [5, 5.41) is 13.3. The van der Waals surface area contributed by atoms with Gasteiger partial charge in [0, 0.05) is 18.1 Å². The summed E-state index contributed by atoms with van der Waals surface area (Å²) in [6.07, 6.45) is -5.47. The zero-order valence-corrected chi connectivity index (χ0v) is 11.3. The molecule has 20 heavy (non-hydrogen) atoms. The molecule has 1 aromatic heterocycles. The van der Waals surface area contributed by atoms with Gasteiger partial charge in [-0.15, -0.1) is 0 Å². The average molecular weight is 303 g/mol. The van der Waals surface area contributed by atoms with Crippen LogP contribution < -0.4 is 5.32 Å². The second-order valence-electron chi connectivity index (χ2n) is 4.17. The van der Waals surface area contributed by atoms with Gasteiger partial charge < -0.3 is 10.4 Å². The fraction of sp³-hybridized carbons (Fsp3) is 0.333. The predicted octanol–water partition coefficient (Wildman–Crippen LogP) is 3.01. The van der Waals surface area contributed by atoms with Crippen LogP contribution in [0, 0.1) is 6.92 Å². The first kappa shape index (κ1) is 14.7. The van der Waals surface area contributed by atoms with Crippen molar-refractivity contribution in [3.8, 4) is 0 Å². The summed E-state index contributed by atoms with van der Waals surface area (Å²) in [5.41, 5.74) is -0.575. The van der Waals surface area contributed by atoms with Crippen LogP contribution in [0.1, 0.15) is 23.1 Å². The Morgan fingerprint density at radius 1 is 1.40 bits per heavy atom. The van der Waals surface area contributed by atoms with Crippen LogP contribution in [-0.2, 0) is 6.18 Å². The Morgan fingerprint density at radius 3 is 2.75 bits per heavy atom. The van der Waals surface area contributed by atoms with Crippen molar-refractivity contribution < 1.29 is 18.3 Å². The molecule has 1 aromatic carbocycles. The van der Waals surface area contributed by atoms with E-state index in [0.717, 1.165) is 23.7 Å². The van der Waals surface area contributed by atoms with Crippen LogP contribution in [0.25, 0.3) is 0 Å². The van der Waals surface area contributed by atoms with E-state index in [1.165, 1.54) is 12.1 Å². The van der Waals surface area contributed by atoms with Crippen LogP contribution >= 0.6 is 11.5 Å². The maximum atomic E-state index is 12.6. The normalized spacial score (nSPS) is 13.2. The van der Waals surface area contributed by atoms with Crippen molar-refractivity contribution in [3.05, 3.63) is 41.2 Å². The van der Waals surface area contributed by atoms with Gasteiger partial charge >= 0.3 is 6.18 Å². The van der Waals surface area contributed by atoms with Gasteiger partial charge in [0.1, 0.15) is 5.82 Å². The first-order valence-electron chi connectivity index (χ1n) is 5.75. The number of anilines is 1. The zero-order chi connectivity index (χ0) is 14.8. The molecule has 1 heterocycles. The molecule has 1 unspecified atom stereocenters. The van der Waals surface area contributed by atoms with Gasteiger partial charge in [-0.05, 0) is 24.6 Å². The second-order valence-corrected chi connectivity index (χ2v) is 4.92. The molecule has 0 aliphatic rings. The summed E-state index contributed by atoms with van der Waals surface area (Å²) in [5.74, 6) is 0.603. The van der Waals surface area contributed by atoms with Gasteiger partial charge in [-0.3, -0.25) is 0 Å². The summed E-state index contributed by atoms with van der Waals surface area (Å²) in [4.78, 5) is 4.04. The van der Waals surface area contributed by atoms with E-state index in [2.05, 4.69) is 14.7 Å². The van der Waals surface area contributed by atoms with E-state index < -0.39 is 17.8 Å². The van der Waals surface area contributed by atoms with Crippen LogP contribution in [0.4, 0.5) is 18.3 Å². The summed E-state index contributed by atoms with van der Waals surface area (Å²) < 4.78 is 41.7. The fourth-order valence-electron chi connectivity index (χ4n) is 1.59. The monoisotopic (exact) mass is 303 g/mol. The maximum Gasteiger partial charge on any atom is 0.416 e. The van der Waals surface area contributed by atoms with E-state index >= 15 is 0 Å². The van der Waals surface area contributed by atoms with Crippen molar-refractivity contribution in [1.29, 1.82) is 0 Å². The molecule has 0 radical (unpaired) electrons. The Bertz CT molecular complexity index is 585. The molecule has 0 amide bonds. The molecule has 1 atom stereocenters. The predicted molar refractivity (Wildman–Crippen MR) is 69.5 cm³/mol. The number of rotatable bonds is 4. The Labute approximate surface area is 117 Å². The molecule has 0 aliphatic heterocycles. The minimum atomic E-state index is -4.42. The van der Waals surface area contributed by atoms with Crippen LogP contribution in [0.2, 0.25) is 0 Å². The lowest BCUT2D eigenvalue weighted by Gasteiger charge is -2.14. The largest absolute Gasteiger partial charge is 0.416 e. The number of aliphatic hydroxyl groups excluding tert-OH is 1. The second kappa shape index (κ2) is 5.76. The van der Waals surface area contributed by atoms with Crippen molar-refractivity contribution in [2.24, 2.45) is 0 Å². The number of nitrogens with one attached hydrogen (secondary N) is 1. The van der Waals surface area contributed by atoms with E-state index in [1.807, 2.05) is 0 Å². The Balaban J connectivity index is 2.03. The minimum Gasteiger partial charge on any atom is -0.387 e. The van der Waals surface area contributed by atoms with E-state index in [1.54, 1.807) is 6.92 Å². The standard InChI is InChI=1S/C12H12F3N3OS/c1-7-17-11(20-18-7)16-6-10(19)8-3-2-4-9(5-8)12(13,14)15/h2-5,10,19H,6H2,1H3,(H,16,17,18). The first-order valence-corrected chi connectivity index (χ1v) is 6.53. The summed E-state index contributed by atoms with van der Waals surface area (Å²) in [7, 11) is 0. The van der Waals surface area contributed by atoms with Crippen LogP contribution in [0.3, 0.4) is 0 Å². The Kier molecular flexibility index (Phi) is 4.24. The number of aliphatic hydroxyl groups is 1. The van der Waals surface area contributed by atoms with Crippen molar-refractivity contribution in [2.75, 3.05) is 11.9 Å². The molecule has 2 aromatic rings. The number of halogens is 3. The number of hydrogen-bond acceptors (Lipinski definition) is 5. The molecule has 0 bridgehead atoms. The quantitative estimate of drug-likeness (QED) is 0.911. The molecule has 0 aliphatic carbocycles. The lowest BCUT2D eigenvalue weighted by molar-refractivity contribution is -0.137. The minimum absolute atomic E-state index is 0.0654. The number of alkyl halides is 3. The van der Waals surface area contributed by atoms with Gasteiger partial charge in [-0.25, -0.2) is 4.98 Å². The van der Waals surface area contributed by atoms with E-state index in [9.17, 15) is 18.3 Å². The third-order valence-corrected chi connectivity index (χ3v) is 3.34. The fourth-order valence-corrected chi connectivity index (χ4v) is 2.17. The van der Waals surface area contributed by atoms with Crippen molar-refractivity contribution in [3.63, 3.8) is 0 Å². The van der Waals surface area contributed by atoms with Gasteiger partial charge in [0.05, 0.1) is 11.7 Å². The van der Waals surface area contributed by atoms with E-state index in [0.29, 0.717) is 11.0 Å². The third-order valence-electron chi connectivity index (χ3n) is 2.57. The highest BCUT2D eigenvalue weighted by Gasteiger charge is 2.30. The molecule has 2 N–H and O–H groups in total. The SMILES string of the molecule is Cc1nsc(NCC(O)c2cccc(C(F)(F)F)c2)n1. The van der Waals surface area contributed by atoms with Crippen LogP contribution in [0.15, 0.2) is 24.3 Å². The maximum absolute atomic E-state index is 12.6. The van der Waals surface area contributed by atoms with Crippen molar-refractivity contribution >= 4 is 16.7 Å². The summed E-state index contributed by atoms with van der Waals surface area (Å²) in [6.45, 7) is 1.79. The molecule has 0 fully saturated rings. The van der Waals surface area contributed by atoms with Crippen molar-refractivity contribution in [1.82, 2.24) is 9.36 Å². The van der Waals surface area contributed by atoms with Gasteiger partial charge in [-0.1, -0.05) is 12.1 Å². The number of aromatic nitrogens is 2.